The number of hydrogen-bond donors (Lipinski definition) is 1. The van der Waals surface area contributed by atoms with Crippen molar-refractivity contribution in [2.24, 2.45) is 0 Å². The van der Waals surface area contributed by atoms with Gasteiger partial charge in [-0.2, -0.15) is 11.8 Å². The molecular weight excluding hydrogens is 170 g/mol. The van der Waals surface area contributed by atoms with Gasteiger partial charge in [0.05, 0.1) is 0 Å². The van der Waals surface area contributed by atoms with Crippen LogP contribution in [0.5, 0.6) is 0 Å². The number of thioether (sulfide) groups is 1. The van der Waals surface area contributed by atoms with Crippen molar-refractivity contribution in [1.82, 2.24) is 5.32 Å². The zero-order valence-corrected chi connectivity index (χ0v) is 8.82. The van der Waals surface area contributed by atoms with Gasteiger partial charge < -0.3 is 10.1 Å². The van der Waals surface area contributed by atoms with Crippen LogP contribution in [0.25, 0.3) is 0 Å². The quantitative estimate of drug-likeness (QED) is 0.708. The third-order valence-corrected chi connectivity index (χ3v) is 3.71. The molecular formula is C9H19NOS. The van der Waals surface area contributed by atoms with Gasteiger partial charge in [0.25, 0.3) is 0 Å². The van der Waals surface area contributed by atoms with Gasteiger partial charge in [-0.15, -0.1) is 0 Å². The third-order valence-electron chi connectivity index (χ3n) is 2.22. The van der Waals surface area contributed by atoms with E-state index in [0.717, 1.165) is 24.4 Å². The molecule has 3 heteroatoms. The Labute approximate surface area is 79.4 Å². The predicted octanol–water partition coefficient (Wildman–Crippen LogP) is 1.51. The van der Waals surface area contributed by atoms with E-state index in [9.17, 15) is 0 Å². The first-order valence-electron chi connectivity index (χ1n) is 4.70. The number of rotatable bonds is 5. The minimum atomic E-state index is 0.752. The van der Waals surface area contributed by atoms with Crippen LogP contribution in [0.3, 0.4) is 0 Å². The Bertz CT molecular complexity index is 121. The number of nitrogens with one attached hydrogen (secondary N) is 1. The summed E-state index contributed by atoms with van der Waals surface area (Å²) in [6.07, 6.45) is 2.53. The van der Waals surface area contributed by atoms with E-state index in [-0.39, 0.29) is 0 Å². The molecule has 2 nitrogen and oxygen atoms in total. The van der Waals surface area contributed by atoms with Crippen LogP contribution in [0.1, 0.15) is 19.8 Å². The molecule has 1 aliphatic rings. The lowest BCUT2D eigenvalue weighted by Gasteiger charge is -2.09. The number of hydrogen-bond acceptors (Lipinski definition) is 3. The highest BCUT2D eigenvalue weighted by atomic mass is 32.2. The summed E-state index contributed by atoms with van der Waals surface area (Å²) in [5, 5.41) is 4.32. The average molecular weight is 189 g/mol. The first-order valence-corrected chi connectivity index (χ1v) is 5.75. The zero-order chi connectivity index (χ0) is 8.81. The molecule has 0 saturated carbocycles. The summed E-state index contributed by atoms with van der Waals surface area (Å²) in [5.74, 6) is 1.28. The van der Waals surface area contributed by atoms with Crippen molar-refractivity contribution < 1.29 is 4.74 Å². The predicted molar refractivity (Wildman–Crippen MR) is 54.8 cm³/mol. The standard InChI is InChI=1S/C9H19NOS/c1-3-10-8-6-9(12-7-8)4-5-11-2/h8-10H,3-7H2,1-2H3/t8?,9-/m0/s1. The Morgan fingerprint density at radius 1 is 1.58 bits per heavy atom. The van der Waals surface area contributed by atoms with Gasteiger partial charge in [0, 0.05) is 30.8 Å². The molecule has 2 atom stereocenters. The SMILES string of the molecule is CCNC1CS[C@@H](CCOC)C1. The fraction of sp³-hybridized carbons (Fsp3) is 1.00. The molecule has 72 valence electrons. The van der Waals surface area contributed by atoms with Crippen LogP contribution < -0.4 is 5.32 Å². The van der Waals surface area contributed by atoms with E-state index in [0.29, 0.717) is 0 Å². The van der Waals surface area contributed by atoms with Gasteiger partial charge in [0.15, 0.2) is 0 Å². The third kappa shape index (κ3) is 3.33. The molecule has 1 aliphatic heterocycles. The maximum Gasteiger partial charge on any atom is 0.0472 e. The molecule has 0 aromatic carbocycles. The second-order valence-electron chi connectivity index (χ2n) is 3.23. The second kappa shape index (κ2) is 5.84. The highest BCUT2D eigenvalue weighted by Crippen LogP contribution is 2.28. The molecule has 0 amide bonds. The molecule has 1 heterocycles. The minimum absolute atomic E-state index is 0.752. The summed E-state index contributed by atoms with van der Waals surface area (Å²) in [4.78, 5) is 0. The lowest BCUT2D eigenvalue weighted by molar-refractivity contribution is 0.193. The van der Waals surface area contributed by atoms with Crippen LogP contribution in [-0.2, 0) is 4.74 Å². The summed E-state index contributed by atoms with van der Waals surface area (Å²) in [7, 11) is 1.78. The Balaban J connectivity index is 2.08. The molecule has 0 aromatic rings. The molecule has 0 aliphatic carbocycles. The molecule has 1 fully saturated rings. The largest absolute Gasteiger partial charge is 0.385 e. The summed E-state index contributed by atoms with van der Waals surface area (Å²) in [6, 6.07) is 0.752. The summed E-state index contributed by atoms with van der Waals surface area (Å²) in [5.41, 5.74) is 0. The molecule has 12 heavy (non-hydrogen) atoms. The highest BCUT2D eigenvalue weighted by molar-refractivity contribution is 8.00. The fourth-order valence-electron chi connectivity index (χ4n) is 1.59. The first kappa shape index (κ1) is 10.4. The van der Waals surface area contributed by atoms with E-state index < -0.39 is 0 Å². The van der Waals surface area contributed by atoms with Crippen LogP contribution in [-0.4, -0.2) is 37.3 Å². The van der Waals surface area contributed by atoms with E-state index >= 15 is 0 Å². The lowest BCUT2D eigenvalue weighted by atomic mass is 10.1. The van der Waals surface area contributed by atoms with Crippen molar-refractivity contribution >= 4 is 11.8 Å². The smallest absolute Gasteiger partial charge is 0.0472 e. The summed E-state index contributed by atoms with van der Waals surface area (Å²) in [6.45, 7) is 4.19. The van der Waals surface area contributed by atoms with Gasteiger partial charge >= 0.3 is 0 Å². The van der Waals surface area contributed by atoms with Crippen LogP contribution in [0, 0.1) is 0 Å². The van der Waals surface area contributed by atoms with E-state index in [2.05, 4.69) is 24.0 Å². The maximum absolute atomic E-state index is 5.07. The van der Waals surface area contributed by atoms with E-state index in [1.165, 1.54) is 18.6 Å². The van der Waals surface area contributed by atoms with Crippen molar-refractivity contribution in [3.63, 3.8) is 0 Å². The number of methoxy groups -OCH3 is 1. The van der Waals surface area contributed by atoms with Gasteiger partial charge in [-0.05, 0) is 19.4 Å². The molecule has 1 saturated heterocycles. The van der Waals surface area contributed by atoms with Gasteiger partial charge in [0.1, 0.15) is 0 Å². The Hall–Kier alpha value is 0.270. The Morgan fingerprint density at radius 3 is 3.08 bits per heavy atom. The van der Waals surface area contributed by atoms with Crippen LogP contribution >= 0.6 is 11.8 Å². The molecule has 0 radical (unpaired) electrons. The monoisotopic (exact) mass is 189 g/mol. The molecule has 1 rings (SSSR count). The lowest BCUT2D eigenvalue weighted by Crippen LogP contribution is -2.28. The highest BCUT2D eigenvalue weighted by Gasteiger charge is 2.23. The van der Waals surface area contributed by atoms with Crippen molar-refractivity contribution in [2.45, 2.75) is 31.1 Å². The topological polar surface area (TPSA) is 21.3 Å². The fourth-order valence-corrected chi connectivity index (χ4v) is 2.98. The summed E-state index contributed by atoms with van der Waals surface area (Å²) < 4.78 is 5.07. The molecule has 0 aromatic heterocycles. The van der Waals surface area contributed by atoms with Gasteiger partial charge in [0.2, 0.25) is 0 Å². The molecule has 1 N–H and O–H groups in total. The molecule has 1 unspecified atom stereocenters. The van der Waals surface area contributed by atoms with Gasteiger partial charge in [-0.25, -0.2) is 0 Å². The van der Waals surface area contributed by atoms with Gasteiger partial charge in [-0.1, -0.05) is 6.92 Å². The van der Waals surface area contributed by atoms with Crippen LogP contribution in [0.2, 0.25) is 0 Å². The second-order valence-corrected chi connectivity index (χ2v) is 4.56. The van der Waals surface area contributed by atoms with Crippen molar-refractivity contribution in [1.29, 1.82) is 0 Å². The molecule has 0 spiro atoms. The Kier molecular flexibility index (Phi) is 5.04. The van der Waals surface area contributed by atoms with Crippen molar-refractivity contribution in [2.75, 3.05) is 26.0 Å². The maximum atomic E-state index is 5.07. The summed E-state index contributed by atoms with van der Waals surface area (Å²) >= 11 is 2.09. The van der Waals surface area contributed by atoms with Crippen LogP contribution in [0.15, 0.2) is 0 Å². The minimum Gasteiger partial charge on any atom is -0.385 e. The van der Waals surface area contributed by atoms with E-state index in [1.54, 1.807) is 7.11 Å². The van der Waals surface area contributed by atoms with Gasteiger partial charge in [-0.3, -0.25) is 0 Å². The molecule has 0 bridgehead atoms. The van der Waals surface area contributed by atoms with E-state index in [1.807, 2.05) is 0 Å². The first-order chi connectivity index (χ1) is 5.86. The van der Waals surface area contributed by atoms with E-state index in [4.69, 9.17) is 4.74 Å². The van der Waals surface area contributed by atoms with Crippen molar-refractivity contribution in [3.8, 4) is 0 Å². The average Bonchev–Trinajstić information content (AvgIpc) is 2.50. The Morgan fingerprint density at radius 2 is 2.42 bits per heavy atom. The zero-order valence-electron chi connectivity index (χ0n) is 8.01. The number of ether oxygens (including phenoxy) is 1. The van der Waals surface area contributed by atoms with Crippen LogP contribution in [0.4, 0.5) is 0 Å². The van der Waals surface area contributed by atoms with Crippen molar-refractivity contribution in [3.05, 3.63) is 0 Å². The normalized spacial score (nSPS) is 29.5.